The first-order valence-corrected chi connectivity index (χ1v) is 9.65. The summed E-state index contributed by atoms with van der Waals surface area (Å²) in [5, 5.41) is 7.19. The highest BCUT2D eigenvalue weighted by molar-refractivity contribution is 7.17. The summed E-state index contributed by atoms with van der Waals surface area (Å²) >= 11 is 6.99. The molecule has 30 heavy (non-hydrogen) atoms. The highest BCUT2D eigenvalue weighted by Gasteiger charge is 2.16. The van der Waals surface area contributed by atoms with Crippen molar-refractivity contribution in [3.05, 3.63) is 51.7 Å². The number of amides is 1. The molecule has 1 fully saturated rings. The zero-order valence-electron chi connectivity index (χ0n) is 26.4. The molecule has 3 N–H and O–H groups in total. The number of carbonyl (C=O) groups excluding carboxylic acids is 1. The van der Waals surface area contributed by atoms with Crippen LogP contribution in [0.2, 0.25) is 5.02 Å². The van der Waals surface area contributed by atoms with Crippen molar-refractivity contribution in [1.29, 1.82) is 0 Å². The molecular formula is C20H22ClN7OS. The number of aromatic nitrogens is 3. The molecule has 0 aliphatic carbocycles. The Kier molecular flexibility index (Phi) is 3.29. The van der Waals surface area contributed by atoms with E-state index in [1.807, 2.05) is 0 Å². The van der Waals surface area contributed by atoms with Gasteiger partial charge in [-0.2, -0.15) is 0 Å². The summed E-state index contributed by atoms with van der Waals surface area (Å²) in [5.74, 6) is -1.16. The molecular weight excluding hydrogens is 422 g/mol. The summed E-state index contributed by atoms with van der Waals surface area (Å²) in [4.78, 5) is 25.5. The SMILES string of the molecule is [2H]C([2H])([2H])c1cccc(Cl)c1NC(=O)c1cnc(Nc2cc(N3C([2H])([2H])C([2H])([2H])NC([2H])([2H])C3([2H])[2H])nc(C)n2)s1. The van der Waals surface area contributed by atoms with Crippen LogP contribution in [0.5, 0.6) is 0 Å². The van der Waals surface area contributed by atoms with Gasteiger partial charge in [0.15, 0.2) is 5.13 Å². The lowest BCUT2D eigenvalue weighted by Gasteiger charge is -2.28. The molecule has 3 heterocycles. The molecule has 3 aromatic rings. The second-order valence-electron chi connectivity index (χ2n) is 5.86. The number of rotatable bonds is 5. The maximum Gasteiger partial charge on any atom is 0.267 e. The van der Waals surface area contributed by atoms with Gasteiger partial charge in [0.1, 0.15) is 22.3 Å². The molecule has 1 aliphatic rings. The highest BCUT2D eigenvalue weighted by Crippen LogP contribution is 2.28. The number of nitrogens with zero attached hydrogens (tertiary/aromatic N) is 4. The fourth-order valence-electron chi connectivity index (χ4n) is 2.44. The van der Waals surface area contributed by atoms with Gasteiger partial charge in [0.05, 0.1) is 22.4 Å². The van der Waals surface area contributed by atoms with Gasteiger partial charge in [-0.1, -0.05) is 35.1 Å². The van der Waals surface area contributed by atoms with Crippen LogP contribution < -0.4 is 20.9 Å². The Hall–Kier alpha value is -2.75. The number of carbonyl (C=O) groups is 1. The van der Waals surface area contributed by atoms with Crippen LogP contribution in [0.4, 0.5) is 22.5 Å². The maximum atomic E-state index is 12.9. The first-order valence-electron chi connectivity index (χ1n) is 14.0. The predicted octanol–water partition coefficient (Wildman–Crippen LogP) is 3.61. The monoisotopic (exact) mass is 454 g/mol. The van der Waals surface area contributed by atoms with Gasteiger partial charge in [0.25, 0.3) is 5.91 Å². The number of hydrogen-bond donors (Lipinski definition) is 3. The van der Waals surface area contributed by atoms with E-state index in [0.717, 1.165) is 17.4 Å². The second kappa shape index (κ2) is 8.95. The van der Waals surface area contributed by atoms with E-state index in [1.165, 1.54) is 31.3 Å². The molecule has 1 amide bonds. The van der Waals surface area contributed by atoms with Crippen LogP contribution in [0.1, 0.15) is 36.1 Å². The molecule has 2 aromatic heterocycles. The van der Waals surface area contributed by atoms with Crippen molar-refractivity contribution in [2.75, 3.05) is 41.5 Å². The van der Waals surface area contributed by atoms with Crippen molar-refractivity contribution in [3.8, 4) is 0 Å². The molecule has 10 heteroatoms. The number of anilines is 4. The molecule has 0 unspecified atom stereocenters. The van der Waals surface area contributed by atoms with Crippen LogP contribution in [0.3, 0.4) is 0 Å². The van der Waals surface area contributed by atoms with Crippen LogP contribution >= 0.6 is 22.9 Å². The lowest BCUT2D eigenvalue weighted by Crippen LogP contribution is -2.44. The van der Waals surface area contributed by atoms with Gasteiger partial charge in [-0.05, 0) is 25.4 Å². The van der Waals surface area contributed by atoms with E-state index in [1.54, 1.807) is 5.32 Å². The summed E-state index contributed by atoms with van der Waals surface area (Å²) in [5.41, 5.74) is -0.218. The van der Waals surface area contributed by atoms with Crippen LogP contribution in [0.15, 0.2) is 30.5 Å². The van der Waals surface area contributed by atoms with Gasteiger partial charge in [0, 0.05) is 41.6 Å². The van der Waals surface area contributed by atoms with E-state index in [4.69, 9.17) is 26.7 Å². The number of halogens is 1. The van der Waals surface area contributed by atoms with Crippen LogP contribution in [-0.4, -0.2) is 46.8 Å². The van der Waals surface area contributed by atoms with Gasteiger partial charge < -0.3 is 20.9 Å². The summed E-state index contributed by atoms with van der Waals surface area (Å²) in [6.07, 6.45) is 1.21. The first-order chi connectivity index (χ1) is 18.7. The normalized spacial score (nSPS) is 26.5. The van der Waals surface area contributed by atoms with E-state index >= 15 is 0 Å². The second-order valence-corrected chi connectivity index (χ2v) is 7.30. The molecule has 0 saturated carbocycles. The third-order valence-electron chi connectivity index (χ3n) is 3.73. The predicted molar refractivity (Wildman–Crippen MR) is 121 cm³/mol. The summed E-state index contributed by atoms with van der Waals surface area (Å²) in [6.45, 7) is -13.4. The third-order valence-corrected chi connectivity index (χ3v) is 4.96. The maximum absolute atomic E-state index is 12.9. The molecule has 0 radical (unpaired) electrons. The first kappa shape index (κ1) is 11.0. The Bertz CT molecular complexity index is 1470. The fraction of sp³-hybridized carbons (Fsp3) is 0.300. The summed E-state index contributed by atoms with van der Waals surface area (Å²) in [7, 11) is 0. The van der Waals surface area contributed by atoms with Crippen molar-refractivity contribution in [1.82, 2.24) is 20.3 Å². The van der Waals surface area contributed by atoms with Crippen molar-refractivity contribution < 1.29 is 19.9 Å². The number of thiazole rings is 1. The van der Waals surface area contributed by atoms with Crippen molar-refractivity contribution in [2.24, 2.45) is 0 Å². The zero-order valence-corrected chi connectivity index (χ0v) is 16.9. The molecule has 0 spiro atoms. The van der Waals surface area contributed by atoms with Crippen LogP contribution in [0.25, 0.3) is 0 Å². The minimum Gasteiger partial charge on any atom is -0.354 e. The topological polar surface area (TPSA) is 95.1 Å². The number of para-hydroxylation sites is 1. The molecule has 4 rings (SSSR count). The molecule has 0 atom stereocenters. The molecule has 1 aromatic carbocycles. The van der Waals surface area contributed by atoms with Crippen LogP contribution in [0, 0.1) is 13.8 Å². The molecule has 0 bridgehead atoms. The number of hydrogen-bond acceptors (Lipinski definition) is 8. The number of nitrogens with one attached hydrogen (secondary N) is 3. The lowest BCUT2D eigenvalue weighted by molar-refractivity contribution is 0.103. The van der Waals surface area contributed by atoms with E-state index in [-0.39, 0.29) is 42.8 Å². The Morgan fingerprint density at radius 1 is 1.37 bits per heavy atom. The van der Waals surface area contributed by atoms with E-state index < -0.39 is 44.6 Å². The fourth-order valence-corrected chi connectivity index (χ4v) is 3.38. The van der Waals surface area contributed by atoms with Gasteiger partial charge in [-0.15, -0.1) is 0 Å². The third kappa shape index (κ3) is 4.69. The Morgan fingerprint density at radius 3 is 3.00 bits per heavy atom. The van der Waals surface area contributed by atoms with E-state index in [9.17, 15) is 4.79 Å². The number of piperazine rings is 1. The average Bonchev–Trinajstić information content (AvgIpc) is 3.26. The highest BCUT2D eigenvalue weighted by atomic mass is 35.5. The molecule has 156 valence electrons. The zero-order chi connectivity index (χ0) is 30.8. The van der Waals surface area contributed by atoms with E-state index in [2.05, 4.69) is 25.6 Å². The number of aryl methyl sites for hydroxylation is 2. The van der Waals surface area contributed by atoms with Gasteiger partial charge >= 0.3 is 0 Å². The Labute approximate surface area is 199 Å². The van der Waals surface area contributed by atoms with Gasteiger partial charge in [-0.25, -0.2) is 15.0 Å². The average molecular weight is 455 g/mol. The van der Waals surface area contributed by atoms with Crippen molar-refractivity contribution >= 4 is 51.3 Å². The quantitative estimate of drug-likeness (QED) is 0.542. The summed E-state index contributed by atoms with van der Waals surface area (Å²) in [6, 6.07) is 5.30. The van der Waals surface area contributed by atoms with Gasteiger partial charge in [-0.3, -0.25) is 4.79 Å². The number of benzene rings is 1. The molecule has 1 aliphatic heterocycles. The Morgan fingerprint density at radius 2 is 2.20 bits per heavy atom. The van der Waals surface area contributed by atoms with Crippen LogP contribution in [-0.2, 0) is 0 Å². The minimum absolute atomic E-state index is 0.0155. The largest absolute Gasteiger partial charge is 0.354 e. The smallest absolute Gasteiger partial charge is 0.267 e. The van der Waals surface area contributed by atoms with Crippen molar-refractivity contribution in [2.45, 2.75) is 13.8 Å². The van der Waals surface area contributed by atoms with Gasteiger partial charge in [0.2, 0.25) is 0 Å². The standard InChI is InChI=1S/C20H22ClN7OS/c1-12-4-3-5-14(21)18(12)27-19(29)15-11-23-20(30-15)26-16-10-17(25-13(2)24-16)28-8-6-22-7-9-28/h3-5,10-11,22H,6-9H2,1-2H3,(H,27,29)(H,23,24,25,26)/i1D3,6D2,7D2,8D2,9D2. The Balaban J connectivity index is 1.63. The minimum atomic E-state index is -3.10. The molecule has 1 saturated heterocycles. The molecule has 8 nitrogen and oxygen atoms in total. The summed E-state index contributed by atoms with van der Waals surface area (Å²) < 4.78 is 88.2. The lowest BCUT2D eigenvalue weighted by atomic mass is 10.2. The van der Waals surface area contributed by atoms with Crippen molar-refractivity contribution in [3.63, 3.8) is 0 Å². The van der Waals surface area contributed by atoms with E-state index in [0.29, 0.717) is 0 Å².